The van der Waals surface area contributed by atoms with E-state index in [1.54, 1.807) is 5.01 Å². The van der Waals surface area contributed by atoms with Crippen LogP contribution in [0.1, 0.15) is 62.5 Å². The van der Waals surface area contributed by atoms with Gasteiger partial charge >= 0.3 is 6.18 Å². The van der Waals surface area contributed by atoms with E-state index in [1.165, 1.54) is 50.9 Å². The molecule has 166 valence electrons. The molecule has 2 heterocycles. The van der Waals surface area contributed by atoms with Gasteiger partial charge in [0.05, 0.1) is 12.0 Å². The van der Waals surface area contributed by atoms with Crippen LogP contribution in [0.4, 0.5) is 13.2 Å². The first-order valence-electron chi connectivity index (χ1n) is 11.2. The molecule has 0 radical (unpaired) electrons. The molecule has 3 fully saturated rings. The molecule has 2 saturated heterocycles. The van der Waals surface area contributed by atoms with Crippen molar-refractivity contribution in [3.63, 3.8) is 0 Å². The number of hydrazine groups is 1. The average molecular weight is 424 g/mol. The number of alkyl halides is 3. The Hall–Kier alpha value is -1.60. The number of hydrogen-bond acceptors (Lipinski definition) is 3. The number of likely N-dealkylation sites (tertiary alicyclic amines) is 1. The van der Waals surface area contributed by atoms with Crippen LogP contribution in [0.5, 0.6) is 0 Å². The van der Waals surface area contributed by atoms with Crippen molar-refractivity contribution in [2.75, 3.05) is 26.7 Å². The number of likely N-dealkylation sites (N-methyl/N-ethyl adjacent to an activating group) is 1. The molecule has 7 heteroatoms. The second-order valence-corrected chi connectivity index (χ2v) is 9.23. The van der Waals surface area contributed by atoms with Crippen molar-refractivity contribution in [3.8, 4) is 0 Å². The monoisotopic (exact) mass is 423 g/mol. The molecule has 1 amide bonds. The largest absolute Gasteiger partial charge is 0.416 e. The molecule has 1 aromatic carbocycles. The summed E-state index contributed by atoms with van der Waals surface area (Å²) in [7, 11) is 1.83. The molecule has 2 atom stereocenters. The topological polar surface area (TPSA) is 26.8 Å². The third kappa shape index (κ3) is 4.37. The van der Waals surface area contributed by atoms with Gasteiger partial charge in [0.2, 0.25) is 5.91 Å². The highest BCUT2D eigenvalue weighted by atomic mass is 19.4. The molecule has 4 nitrogen and oxygen atoms in total. The van der Waals surface area contributed by atoms with Crippen LogP contribution in [0.2, 0.25) is 0 Å². The van der Waals surface area contributed by atoms with E-state index < -0.39 is 11.7 Å². The molecular formula is C23H32F3N3O. The summed E-state index contributed by atoms with van der Waals surface area (Å²) in [5.74, 6) is -0.0562. The summed E-state index contributed by atoms with van der Waals surface area (Å²) >= 11 is 0. The van der Waals surface area contributed by atoms with E-state index in [9.17, 15) is 18.0 Å². The summed E-state index contributed by atoms with van der Waals surface area (Å²) in [4.78, 5) is 15.6. The van der Waals surface area contributed by atoms with E-state index in [2.05, 4.69) is 9.91 Å². The van der Waals surface area contributed by atoms with Gasteiger partial charge in [-0.1, -0.05) is 12.1 Å². The lowest BCUT2D eigenvalue weighted by Gasteiger charge is -2.49. The van der Waals surface area contributed by atoms with Gasteiger partial charge in [-0.15, -0.1) is 0 Å². The van der Waals surface area contributed by atoms with Crippen LogP contribution >= 0.6 is 0 Å². The lowest BCUT2D eigenvalue weighted by Crippen LogP contribution is -2.58. The minimum absolute atomic E-state index is 0.0516. The second-order valence-electron chi connectivity index (χ2n) is 9.23. The highest BCUT2D eigenvalue weighted by molar-refractivity contribution is 5.78. The molecule has 1 aliphatic carbocycles. The van der Waals surface area contributed by atoms with E-state index >= 15 is 0 Å². The fraction of sp³-hybridized carbons (Fsp3) is 0.696. The van der Waals surface area contributed by atoms with Gasteiger partial charge in [0.25, 0.3) is 0 Å². The van der Waals surface area contributed by atoms with Crippen LogP contribution in [-0.4, -0.2) is 59.1 Å². The zero-order valence-corrected chi connectivity index (χ0v) is 17.8. The Morgan fingerprint density at radius 2 is 1.73 bits per heavy atom. The van der Waals surface area contributed by atoms with Crippen LogP contribution in [0.25, 0.3) is 0 Å². The number of halogens is 3. The van der Waals surface area contributed by atoms with Crippen molar-refractivity contribution in [3.05, 3.63) is 35.4 Å². The average Bonchev–Trinajstić information content (AvgIpc) is 3.38. The van der Waals surface area contributed by atoms with Crippen molar-refractivity contribution in [1.82, 2.24) is 14.9 Å². The number of hydrogen-bond donors (Lipinski definition) is 0. The predicted octanol–water partition coefficient (Wildman–Crippen LogP) is 4.49. The van der Waals surface area contributed by atoms with E-state index in [4.69, 9.17) is 0 Å². The van der Waals surface area contributed by atoms with Crippen molar-refractivity contribution in [2.45, 2.75) is 75.5 Å². The summed E-state index contributed by atoms with van der Waals surface area (Å²) in [6, 6.07) is 5.56. The molecule has 1 spiro atoms. The summed E-state index contributed by atoms with van der Waals surface area (Å²) in [6.07, 6.45) is 5.24. The molecule has 3 aliphatic rings. The minimum Gasteiger partial charge on any atom is -0.300 e. The Balaban J connectivity index is 1.42. The van der Waals surface area contributed by atoms with Gasteiger partial charge in [-0.25, -0.2) is 5.01 Å². The number of carbonyl (C=O) groups is 1. The van der Waals surface area contributed by atoms with Crippen molar-refractivity contribution in [1.29, 1.82) is 0 Å². The highest BCUT2D eigenvalue weighted by Gasteiger charge is 2.48. The minimum atomic E-state index is -4.35. The van der Waals surface area contributed by atoms with E-state index in [0.29, 0.717) is 11.6 Å². The van der Waals surface area contributed by atoms with E-state index in [1.807, 2.05) is 7.05 Å². The lowest BCUT2D eigenvalue weighted by atomic mass is 9.77. The molecule has 0 unspecified atom stereocenters. The van der Waals surface area contributed by atoms with Gasteiger partial charge in [0, 0.05) is 25.2 Å². The Bertz CT molecular complexity index is 745. The first kappa shape index (κ1) is 21.6. The Labute approximate surface area is 177 Å². The van der Waals surface area contributed by atoms with E-state index in [0.717, 1.165) is 44.4 Å². The van der Waals surface area contributed by atoms with Crippen molar-refractivity contribution < 1.29 is 18.0 Å². The highest BCUT2D eigenvalue weighted by Crippen LogP contribution is 2.44. The maximum absolute atomic E-state index is 13.0. The normalized spacial score (nSPS) is 28.3. The number of carbonyl (C=O) groups excluding carboxylic acids is 1. The number of benzene rings is 1. The molecule has 0 aromatic heterocycles. The van der Waals surface area contributed by atoms with Crippen molar-refractivity contribution >= 4 is 5.91 Å². The quantitative estimate of drug-likeness (QED) is 0.714. The van der Waals surface area contributed by atoms with Gasteiger partial charge in [-0.2, -0.15) is 13.2 Å². The third-order valence-electron chi connectivity index (χ3n) is 7.37. The SMILES string of the molecule is CN(C(=O)Cc1ccc(C(F)(F)F)cc1)N1CCC[C@]12CCC[C@@H](N1CCCC1)C2. The fourth-order valence-corrected chi connectivity index (χ4v) is 5.82. The third-order valence-corrected chi connectivity index (χ3v) is 7.37. The van der Waals surface area contributed by atoms with Crippen LogP contribution in [-0.2, 0) is 17.4 Å². The van der Waals surface area contributed by atoms with Gasteiger partial charge in [-0.05, 0) is 82.2 Å². The van der Waals surface area contributed by atoms with Crippen LogP contribution in [0.3, 0.4) is 0 Å². The number of nitrogens with zero attached hydrogens (tertiary/aromatic N) is 3. The molecule has 1 aromatic rings. The van der Waals surface area contributed by atoms with Crippen molar-refractivity contribution in [2.24, 2.45) is 0 Å². The zero-order valence-electron chi connectivity index (χ0n) is 17.8. The summed E-state index contributed by atoms with van der Waals surface area (Å²) in [5, 5.41) is 4.04. The van der Waals surface area contributed by atoms with Gasteiger partial charge < -0.3 is 4.90 Å². The molecular weight excluding hydrogens is 391 g/mol. The summed E-state index contributed by atoms with van der Waals surface area (Å²) in [6.45, 7) is 3.27. The molecule has 30 heavy (non-hydrogen) atoms. The standard InChI is InChI=1S/C23H32F3N3O/c1-27(21(30)16-18-7-9-19(10-8-18)23(24,25)26)29-15-5-12-22(29)11-4-6-20(17-22)28-13-2-3-14-28/h7-10,20H,2-6,11-17H2,1H3/t20-,22+/m1/s1. The maximum atomic E-state index is 13.0. The summed E-state index contributed by atoms with van der Waals surface area (Å²) < 4.78 is 38.3. The fourth-order valence-electron chi connectivity index (χ4n) is 5.82. The van der Waals surface area contributed by atoms with Crippen LogP contribution < -0.4 is 0 Å². The first-order valence-corrected chi connectivity index (χ1v) is 11.2. The molecule has 0 bridgehead atoms. The predicted molar refractivity (Wildman–Crippen MR) is 110 cm³/mol. The van der Waals surface area contributed by atoms with Crippen LogP contribution in [0.15, 0.2) is 24.3 Å². The first-order chi connectivity index (χ1) is 14.3. The maximum Gasteiger partial charge on any atom is 0.416 e. The Morgan fingerprint density at radius 3 is 2.40 bits per heavy atom. The number of rotatable bonds is 4. The van der Waals surface area contributed by atoms with Gasteiger partial charge in [-0.3, -0.25) is 9.80 Å². The van der Waals surface area contributed by atoms with Crippen LogP contribution in [0, 0.1) is 0 Å². The van der Waals surface area contributed by atoms with Gasteiger partial charge in [0.1, 0.15) is 0 Å². The Morgan fingerprint density at radius 1 is 1.07 bits per heavy atom. The molecule has 4 rings (SSSR count). The second kappa shape index (κ2) is 8.50. The number of amides is 1. The molecule has 2 aliphatic heterocycles. The summed E-state index contributed by atoms with van der Waals surface area (Å²) in [5.41, 5.74) is -0.0110. The molecule has 0 N–H and O–H groups in total. The molecule has 1 saturated carbocycles. The Kier molecular flexibility index (Phi) is 6.13. The zero-order chi connectivity index (χ0) is 21.4. The van der Waals surface area contributed by atoms with Gasteiger partial charge in [0.15, 0.2) is 0 Å². The lowest BCUT2D eigenvalue weighted by molar-refractivity contribution is -0.157. The van der Waals surface area contributed by atoms with E-state index in [-0.39, 0.29) is 17.9 Å². The smallest absolute Gasteiger partial charge is 0.300 e.